The van der Waals surface area contributed by atoms with Crippen molar-refractivity contribution in [3.63, 3.8) is 0 Å². The van der Waals surface area contributed by atoms with Crippen LogP contribution in [0.15, 0.2) is 474 Å². The first-order valence-electron chi connectivity index (χ1n) is 43.3. The predicted octanol–water partition coefficient (Wildman–Crippen LogP) is 17.3. The maximum atomic E-state index is 5.41. The summed E-state index contributed by atoms with van der Waals surface area (Å²) in [4.78, 5) is 25.2. The van der Waals surface area contributed by atoms with Crippen LogP contribution in [0.3, 0.4) is 0 Å². The fraction of sp³-hybridized carbons (Fsp3) is 0. The van der Waals surface area contributed by atoms with Crippen LogP contribution in [0.2, 0.25) is 0 Å². The molecule has 0 amide bonds. The van der Waals surface area contributed by atoms with E-state index >= 15 is 0 Å². The summed E-state index contributed by atoms with van der Waals surface area (Å²) >= 11 is 3.74. The van der Waals surface area contributed by atoms with Crippen molar-refractivity contribution in [3.8, 4) is 22.5 Å². The van der Waals surface area contributed by atoms with Gasteiger partial charge in [-0.15, -0.1) is 105 Å². The molecule has 0 spiro atoms. The third-order valence-corrected chi connectivity index (χ3v) is 46.9. The van der Waals surface area contributed by atoms with Crippen LogP contribution in [0.5, 0.6) is 0 Å². The molecule has 6 aromatic heterocycles. The molecule has 14 heteroatoms. The molecule has 0 bridgehead atoms. The van der Waals surface area contributed by atoms with E-state index in [-0.39, 0.29) is 40.8 Å². The van der Waals surface area contributed by atoms with E-state index in [1.54, 1.807) is 0 Å². The Morgan fingerprint density at radius 3 is 0.931 bits per heavy atom. The van der Waals surface area contributed by atoms with Gasteiger partial charge < -0.3 is 19.8 Å². The van der Waals surface area contributed by atoms with Crippen LogP contribution in [0.4, 0.5) is 34.4 Å². The van der Waals surface area contributed by atoms with Crippen LogP contribution in [-0.4, -0.2) is 52.2 Å². The van der Waals surface area contributed by atoms with Gasteiger partial charge in [0.15, 0.2) is 16.1 Å². The molecule has 2 aliphatic rings. The van der Waals surface area contributed by atoms with Crippen LogP contribution in [0, 0.1) is 24.3 Å². The Kier molecular flexibility index (Phi) is 22.7. The SMILES string of the molecule is [Pd+2].[Pd+2].[c-]1c(-c2ccccn2)cccc1[Si](c1[c-]c(N2c3cc4c(cc3[Si](c3ccccc3)(c3ccccc3)c3cccnc32)sc2ccccc24)ccc1)(c1ccccc1)c1ccccc1.[c-]1c(-c2ccccn2)cccc1[Si](c1[c-]c(N2c3cc4sc5ccccc5c4cc3[Si](c3ccccc3)(c3ccccc3)c3cccnc32)ccc1)(c1ccccc1)c1ccccc1. The second-order valence-electron chi connectivity index (χ2n) is 32.6. The van der Waals surface area contributed by atoms with Gasteiger partial charge in [-0.1, -0.05) is 333 Å². The first-order valence-corrected chi connectivity index (χ1v) is 52.9. The zero-order valence-electron chi connectivity index (χ0n) is 70.2. The van der Waals surface area contributed by atoms with Crippen molar-refractivity contribution in [2.24, 2.45) is 0 Å². The zero-order valence-corrected chi connectivity index (χ0v) is 78.9. The number of aromatic nitrogens is 4. The van der Waals surface area contributed by atoms with Crippen molar-refractivity contribution in [2.45, 2.75) is 0 Å². The van der Waals surface area contributed by atoms with E-state index in [4.69, 9.17) is 19.9 Å². The topological polar surface area (TPSA) is 58.0 Å². The number of anilines is 6. The number of benzene rings is 16. The number of hydrogen-bond acceptors (Lipinski definition) is 8. The second-order valence-corrected chi connectivity index (χ2v) is 49.7. The minimum Gasteiger partial charge on any atom is -0.319 e. The molecule has 0 N–H and O–H groups in total. The first-order chi connectivity index (χ1) is 63.5. The van der Waals surface area contributed by atoms with Crippen molar-refractivity contribution in [2.75, 3.05) is 9.80 Å². The van der Waals surface area contributed by atoms with Gasteiger partial charge in [0.25, 0.3) is 0 Å². The van der Waals surface area contributed by atoms with E-state index in [1.807, 2.05) is 71.7 Å². The summed E-state index contributed by atoms with van der Waals surface area (Å²) in [6.45, 7) is 0. The quantitative estimate of drug-likeness (QED) is 0.0546. The van der Waals surface area contributed by atoms with Gasteiger partial charge >= 0.3 is 40.8 Å². The molecule has 2 aliphatic heterocycles. The number of rotatable bonds is 16. The molecular formula is C116H78N6Pd2S2Si4. The Labute approximate surface area is 796 Å². The number of pyridine rings is 4. The van der Waals surface area contributed by atoms with Gasteiger partial charge in [0.05, 0.1) is 0 Å². The van der Waals surface area contributed by atoms with Gasteiger partial charge in [-0.2, -0.15) is 46.8 Å². The summed E-state index contributed by atoms with van der Waals surface area (Å²) < 4.78 is 5.11. The van der Waals surface area contributed by atoms with Gasteiger partial charge in [-0.3, -0.25) is 0 Å². The summed E-state index contributed by atoms with van der Waals surface area (Å²) in [6, 6.07) is 181. The Bertz CT molecular complexity index is 7690. The number of nitrogens with zero attached hydrogens (tertiary/aromatic N) is 6. The second kappa shape index (κ2) is 35.4. The molecule has 620 valence electrons. The fourth-order valence-electron chi connectivity index (χ4n) is 20.5. The minimum absolute atomic E-state index is 0. The van der Waals surface area contributed by atoms with Crippen LogP contribution < -0.4 is 92.8 Å². The van der Waals surface area contributed by atoms with Crippen LogP contribution in [-0.2, 0) is 40.8 Å². The summed E-state index contributed by atoms with van der Waals surface area (Å²) in [5.41, 5.74) is 7.93. The van der Waals surface area contributed by atoms with Crippen molar-refractivity contribution in [3.05, 3.63) is 498 Å². The van der Waals surface area contributed by atoms with Crippen LogP contribution in [0.1, 0.15) is 0 Å². The summed E-state index contributed by atoms with van der Waals surface area (Å²) in [5.74, 6) is 1.88. The maximum absolute atomic E-state index is 5.41. The molecule has 6 nitrogen and oxygen atoms in total. The molecular weight excluding hydrogens is 1870 g/mol. The molecule has 0 unspecified atom stereocenters. The minimum atomic E-state index is -3.12. The summed E-state index contributed by atoms with van der Waals surface area (Å²) in [6.07, 6.45) is 7.63. The molecule has 22 aromatic rings. The molecule has 24 rings (SSSR count). The van der Waals surface area contributed by atoms with E-state index in [0.29, 0.717) is 0 Å². The number of fused-ring (bicyclic) bond motifs is 10. The van der Waals surface area contributed by atoms with Crippen molar-refractivity contribution < 1.29 is 40.8 Å². The maximum Gasteiger partial charge on any atom is 2.00 e. The normalized spacial score (nSPS) is 12.9. The molecule has 0 fully saturated rings. The van der Waals surface area contributed by atoms with Crippen molar-refractivity contribution >= 4 is 213 Å². The average Bonchev–Trinajstić information content (AvgIpc) is 1.09. The van der Waals surface area contributed by atoms with E-state index in [0.717, 1.165) is 77.6 Å². The van der Waals surface area contributed by atoms with Crippen molar-refractivity contribution in [1.82, 2.24) is 19.9 Å². The Balaban J connectivity index is 0.000000155. The van der Waals surface area contributed by atoms with Gasteiger partial charge in [0, 0.05) is 76.5 Å². The van der Waals surface area contributed by atoms with Crippen LogP contribution >= 0.6 is 22.7 Å². The molecule has 0 aliphatic carbocycles. The van der Waals surface area contributed by atoms with Crippen LogP contribution in [0.25, 0.3) is 62.9 Å². The smallest absolute Gasteiger partial charge is 0.319 e. The molecule has 16 aromatic carbocycles. The molecule has 0 atom stereocenters. The largest absolute Gasteiger partial charge is 2.00 e. The number of thiophene rings is 2. The molecule has 0 saturated heterocycles. The monoisotopic (exact) mass is 1940 g/mol. The average molecular weight is 1950 g/mol. The molecule has 0 saturated carbocycles. The van der Waals surface area contributed by atoms with E-state index < -0.39 is 32.3 Å². The van der Waals surface area contributed by atoms with Gasteiger partial charge in [0.1, 0.15) is 27.8 Å². The standard InChI is InChI=1S/2C58H39N3SSi2.2Pd/c1-5-22-44(23-6-1)63(45-24-7-2-8-25-45,48-30-17-20-42(38-48)52-33-15-16-36-59-52)49-31-18-21-43(39-49)61-53-41-55-51(50-32-13-14-34-54(50)62-55)40-57(53)64(46-26-9-3-10-27-46,47-28-11-4-12-29-47)56-35-19-37-60-58(56)61;1-5-22-44(23-6-1)63(45-24-7-2-8-25-45,48-30-17-20-42(38-48)52-33-15-16-36-59-52)49-31-18-21-43(39-49)61-53-40-51-50-32-13-14-34-54(50)62-55(51)41-57(53)64(46-26-9-3-10-27-46,47-28-11-4-12-29-47)56-35-19-37-60-58(56)61;;/h2*1-37,40-41H;;/q2*-2;2*+2. The van der Waals surface area contributed by atoms with Gasteiger partial charge in [-0.25, -0.2) is 9.97 Å². The van der Waals surface area contributed by atoms with E-state index in [2.05, 4.69) is 459 Å². The van der Waals surface area contributed by atoms with Gasteiger partial charge in [-0.05, 0) is 128 Å². The first kappa shape index (κ1) is 83.3. The van der Waals surface area contributed by atoms with Crippen molar-refractivity contribution in [1.29, 1.82) is 0 Å². The van der Waals surface area contributed by atoms with E-state index in [1.165, 1.54) is 103 Å². The third-order valence-electron chi connectivity index (χ3n) is 25.9. The molecule has 0 radical (unpaired) electrons. The Morgan fingerprint density at radius 1 is 0.231 bits per heavy atom. The predicted molar refractivity (Wildman–Crippen MR) is 547 cm³/mol. The van der Waals surface area contributed by atoms with E-state index in [9.17, 15) is 0 Å². The summed E-state index contributed by atoms with van der Waals surface area (Å²) in [7, 11) is -12.2. The van der Waals surface area contributed by atoms with Gasteiger partial charge in [0.2, 0.25) is 0 Å². The Morgan fingerprint density at radius 2 is 0.546 bits per heavy atom. The zero-order chi connectivity index (χ0) is 85.0. The number of hydrogen-bond donors (Lipinski definition) is 0. The third kappa shape index (κ3) is 13.8. The molecule has 8 heterocycles. The fourth-order valence-corrected chi connectivity index (χ4v) is 42.1. The Hall–Kier alpha value is -13.6. The summed E-state index contributed by atoms with van der Waals surface area (Å²) in [5, 5.41) is 25.2. The molecule has 130 heavy (non-hydrogen) atoms.